The molecule has 3 aromatic rings. The van der Waals surface area contributed by atoms with Crippen molar-refractivity contribution in [3.05, 3.63) is 68.9 Å². The number of rotatable bonds is 4. The van der Waals surface area contributed by atoms with Gasteiger partial charge >= 0.3 is 6.03 Å². The molecule has 1 fully saturated rings. The third-order valence-corrected chi connectivity index (χ3v) is 6.23. The number of aryl methyl sites for hydroxylation is 1. The van der Waals surface area contributed by atoms with Crippen molar-refractivity contribution in [1.29, 1.82) is 0 Å². The van der Waals surface area contributed by atoms with Gasteiger partial charge in [-0.15, -0.1) is 10.2 Å². The van der Waals surface area contributed by atoms with E-state index in [0.29, 0.717) is 39.9 Å². The third kappa shape index (κ3) is 4.83. The minimum absolute atomic E-state index is 0.206. The number of amides is 3. The molecular formula is C21H19ClFN5O2S. The number of anilines is 2. The lowest BCUT2D eigenvalue weighted by molar-refractivity contribution is 0.102. The van der Waals surface area contributed by atoms with Crippen molar-refractivity contribution in [2.24, 2.45) is 0 Å². The van der Waals surface area contributed by atoms with E-state index in [4.69, 9.17) is 11.6 Å². The summed E-state index contributed by atoms with van der Waals surface area (Å²) >= 11 is 7.01. The van der Waals surface area contributed by atoms with Crippen LogP contribution in [0.15, 0.2) is 42.5 Å². The molecule has 0 aliphatic carbocycles. The van der Waals surface area contributed by atoms with Crippen molar-refractivity contribution in [3.63, 3.8) is 0 Å². The first-order valence-corrected chi connectivity index (χ1v) is 10.8. The molecule has 0 unspecified atom stereocenters. The smallest absolute Gasteiger partial charge is 0.320 e. The molecular weight excluding hydrogens is 441 g/mol. The molecule has 0 spiro atoms. The van der Waals surface area contributed by atoms with E-state index in [1.165, 1.54) is 6.07 Å². The molecule has 2 N–H and O–H groups in total. The van der Waals surface area contributed by atoms with Gasteiger partial charge in [0, 0.05) is 22.9 Å². The molecule has 1 saturated heterocycles. The van der Waals surface area contributed by atoms with E-state index in [2.05, 4.69) is 20.8 Å². The fourth-order valence-electron chi connectivity index (χ4n) is 3.31. The number of likely N-dealkylation sites (tertiary alicyclic amines) is 1. The molecule has 3 amide bonds. The van der Waals surface area contributed by atoms with Crippen molar-refractivity contribution >= 4 is 46.3 Å². The van der Waals surface area contributed by atoms with Crippen LogP contribution in [0.2, 0.25) is 5.02 Å². The normalized spacial score (nSPS) is 15.7. The van der Waals surface area contributed by atoms with Crippen LogP contribution in [0, 0.1) is 12.7 Å². The van der Waals surface area contributed by atoms with Gasteiger partial charge in [-0.05, 0) is 61.7 Å². The molecule has 160 valence electrons. The maximum absolute atomic E-state index is 13.8. The highest BCUT2D eigenvalue weighted by Crippen LogP contribution is 2.34. The molecule has 1 aliphatic rings. The average Bonchev–Trinajstić information content (AvgIpc) is 3.42. The first-order chi connectivity index (χ1) is 14.9. The molecule has 31 heavy (non-hydrogen) atoms. The van der Waals surface area contributed by atoms with Crippen LogP contribution in [0.5, 0.6) is 0 Å². The van der Waals surface area contributed by atoms with Crippen LogP contribution in [0.1, 0.15) is 39.3 Å². The third-order valence-electron chi connectivity index (χ3n) is 4.96. The summed E-state index contributed by atoms with van der Waals surface area (Å²) in [5.74, 6) is -0.758. The van der Waals surface area contributed by atoms with E-state index < -0.39 is 0 Å². The van der Waals surface area contributed by atoms with E-state index in [-0.39, 0.29) is 28.8 Å². The number of carbonyl (C=O) groups is 2. The Bertz CT molecular complexity index is 1120. The van der Waals surface area contributed by atoms with Gasteiger partial charge in [-0.3, -0.25) is 4.79 Å². The topological polar surface area (TPSA) is 87.2 Å². The van der Waals surface area contributed by atoms with Crippen molar-refractivity contribution in [3.8, 4) is 0 Å². The number of halogens is 2. The zero-order valence-electron chi connectivity index (χ0n) is 16.6. The summed E-state index contributed by atoms with van der Waals surface area (Å²) in [5.41, 5.74) is 1.49. The van der Waals surface area contributed by atoms with Gasteiger partial charge in [0.2, 0.25) is 5.01 Å². The van der Waals surface area contributed by atoms with Crippen LogP contribution in [-0.2, 0) is 0 Å². The van der Waals surface area contributed by atoms with Gasteiger partial charge < -0.3 is 15.5 Å². The van der Waals surface area contributed by atoms with Crippen LogP contribution in [0.3, 0.4) is 0 Å². The van der Waals surface area contributed by atoms with Crippen LogP contribution in [-0.4, -0.2) is 33.6 Å². The highest BCUT2D eigenvalue weighted by atomic mass is 35.5. The number of hydrogen-bond donors (Lipinski definition) is 2. The zero-order chi connectivity index (χ0) is 22.0. The Hall–Kier alpha value is -3.04. The summed E-state index contributed by atoms with van der Waals surface area (Å²) in [6, 6.07) is 10.7. The highest BCUT2D eigenvalue weighted by Gasteiger charge is 2.33. The summed E-state index contributed by atoms with van der Waals surface area (Å²) in [6.45, 7) is 2.20. The highest BCUT2D eigenvalue weighted by molar-refractivity contribution is 7.13. The van der Waals surface area contributed by atoms with E-state index in [1.807, 2.05) is 0 Å². The standard InChI is InChI=1S/C21H19ClFN5O2S/c1-12-4-7-15(11-16(12)23)25-21(30)28-10-2-3-17(28)19-26-27-20(31-19)18(29)24-14-8-5-13(22)6-9-14/h4-9,11,17H,2-3,10H2,1H3,(H,24,29)(H,25,30)/t17-/m1/s1. The number of aromatic nitrogens is 2. The Kier molecular flexibility index (Phi) is 6.15. The second-order valence-corrected chi connectivity index (χ2v) is 8.60. The van der Waals surface area contributed by atoms with Gasteiger partial charge in [-0.2, -0.15) is 0 Å². The summed E-state index contributed by atoms with van der Waals surface area (Å²) in [6.07, 6.45) is 1.51. The quantitative estimate of drug-likeness (QED) is 0.557. The molecule has 1 aromatic heterocycles. The van der Waals surface area contributed by atoms with Crippen LogP contribution < -0.4 is 10.6 Å². The molecule has 10 heteroatoms. The van der Waals surface area contributed by atoms with Crippen molar-refractivity contribution in [1.82, 2.24) is 15.1 Å². The molecule has 2 heterocycles. The fraction of sp³-hybridized carbons (Fsp3) is 0.238. The second-order valence-electron chi connectivity index (χ2n) is 7.15. The first kappa shape index (κ1) is 21.2. The van der Waals surface area contributed by atoms with Crippen molar-refractivity contribution < 1.29 is 14.0 Å². The monoisotopic (exact) mass is 459 g/mol. The number of nitrogens with zero attached hydrogens (tertiary/aromatic N) is 3. The number of hydrogen-bond acceptors (Lipinski definition) is 5. The summed E-state index contributed by atoms with van der Waals surface area (Å²) in [5, 5.41) is 15.0. The van der Waals surface area contributed by atoms with Gasteiger partial charge in [0.15, 0.2) is 0 Å². The lowest BCUT2D eigenvalue weighted by Crippen LogP contribution is -2.34. The maximum Gasteiger partial charge on any atom is 0.322 e. The SMILES string of the molecule is Cc1ccc(NC(=O)N2CCC[C@@H]2c2nnc(C(=O)Nc3ccc(Cl)cc3)s2)cc1F. The molecule has 0 bridgehead atoms. The van der Waals surface area contributed by atoms with Gasteiger partial charge in [0.25, 0.3) is 5.91 Å². The first-order valence-electron chi connectivity index (χ1n) is 9.65. The molecule has 1 atom stereocenters. The summed E-state index contributed by atoms with van der Waals surface area (Å²) in [4.78, 5) is 26.9. The largest absolute Gasteiger partial charge is 0.322 e. The van der Waals surface area contributed by atoms with E-state index in [9.17, 15) is 14.0 Å². The average molecular weight is 460 g/mol. The van der Waals surface area contributed by atoms with Gasteiger partial charge in [-0.1, -0.05) is 29.0 Å². The Morgan fingerprint density at radius 2 is 1.87 bits per heavy atom. The van der Waals surface area contributed by atoms with E-state index >= 15 is 0 Å². The fourth-order valence-corrected chi connectivity index (χ4v) is 4.32. The van der Waals surface area contributed by atoms with Crippen LogP contribution >= 0.6 is 22.9 Å². The van der Waals surface area contributed by atoms with Gasteiger partial charge in [0.05, 0.1) is 6.04 Å². The Morgan fingerprint density at radius 3 is 2.61 bits per heavy atom. The number of benzene rings is 2. The Morgan fingerprint density at radius 1 is 1.13 bits per heavy atom. The van der Waals surface area contributed by atoms with Gasteiger partial charge in [-0.25, -0.2) is 9.18 Å². The molecule has 7 nitrogen and oxygen atoms in total. The zero-order valence-corrected chi connectivity index (χ0v) is 18.1. The minimum atomic E-state index is -0.379. The predicted molar refractivity (Wildman–Crippen MR) is 118 cm³/mol. The molecule has 2 aromatic carbocycles. The maximum atomic E-state index is 13.8. The summed E-state index contributed by atoms with van der Waals surface area (Å²) in [7, 11) is 0. The minimum Gasteiger partial charge on any atom is -0.320 e. The van der Waals surface area contributed by atoms with E-state index in [0.717, 1.165) is 17.8 Å². The number of nitrogens with one attached hydrogen (secondary N) is 2. The number of urea groups is 1. The molecule has 0 saturated carbocycles. The molecule has 1 aliphatic heterocycles. The predicted octanol–water partition coefficient (Wildman–Crippen LogP) is 5.26. The lowest BCUT2D eigenvalue weighted by Gasteiger charge is -2.23. The van der Waals surface area contributed by atoms with Crippen molar-refractivity contribution in [2.45, 2.75) is 25.8 Å². The van der Waals surface area contributed by atoms with Crippen LogP contribution in [0.25, 0.3) is 0 Å². The van der Waals surface area contributed by atoms with Crippen LogP contribution in [0.4, 0.5) is 20.6 Å². The Labute approximate surface area is 187 Å². The molecule has 0 radical (unpaired) electrons. The lowest BCUT2D eigenvalue weighted by atomic mass is 10.2. The second kappa shape index (κ2) is 8.99. The van der Waals surface area contributed by atoms with Crippen molar-refractivity contribution in [2.75, 3.05) is 17.2 Å². The summed E-state index contributed by atoms with van der Waals surface area (Å²) < 4.78 is 13.8. The van der Waals surface area contributed by atoms with Gasteiger partial charge in [0.1, 0.15) is 10.8 Å². The molecule has 4 rings (SSSR count). The van der Waals surface area contributed by atoms with E-state index in [1.54, 1.807) is 48.2 Å². The Balaban J connectivity index is 1.44. The number of carbonyl (C=O) groups excluding carboxylic acids is 2.